The molecular formula is C23H21F2NO4. The summed E-state index contributed by atoms with van der Waals surface area (Å²) < 4.78 is 35.7. The Bertz CT molecular complexity index is 1030. The first-order valence-corrected chi connectivity index (χ1v) is 9.31. The molecular weight excluding hydrogens is 392 g/mol. The molecule has 0 aliphatic carbocycles. The molecule has 30 heavy (non-hydrogen) atoms. The number of carbonyl (C=O) groups is 2. The molecule has 0 N–H and O–H groups in total. The predicted molar refractivity (Wildman–Crippen MR) is 107 cm³/mol. The lowest BCUT2D eigenvalue weighted by Gasteiger charge is -2.10. The van der Waals surface area contributed by atoms with Crippen LogP contribution in [0.5, 0.6) is 5.75 Å². The summed E-state index contributed by atoms with van der Waals surface area (Å²) in [7, 11) is 0. The third kappa shape index (κ3) is 5.11. The Morgan fingerprint density at radius 1 is 1.00 bits per heavy atom. The lowest BCUT2D eigenvalue weighted by Crippen LogP contribution is -2.15. The van der Waals surface area contributed by atoms with Crippen molar-refractivity contribution in [2.24, 2.45) is 0 Å². The number of rotatable bonds is 8. The van der Waals surface area contributed by atoms with E-state index in [0.29, 0.717) is 12.1 Å². The third-order valence-electron chi connectivity index (χ3n) is 4.71. The van der Waals surface area contributed by atoms with Gasteiger partial charge in [0.1, 0.15) is 5.75 Å². The second-order valence-electron chi connectivity index (χ2n) is 6.76. The molecule has 0 saturated carbocycles. The van der Waals surface area contributed by atoms with Crippen molar-refractivity contribution in [1.82, 2.24) is 4.57 Å². The summed E-state index contributed by atoms with van der Waals surface area (Å²) in [6.45, 7) is 1.05. The number of Topliss-reactive ketones (excluding diaryl/α,β-unsaturated/α-hetero) is 1. The molecule has 0 fully saturated rings. The molecule has 0 radical (unpaired) electrons. The van der Waals surface area contributed by atoms with E-state index in [4.69, 9.17) is 4.74 Å². The maximum absolute atomic E-state index is 12.6. The van der Waals surface area contributed by atoms with Crippen LogP contribution in [0.4, 0.5) is 8.78 Å². The number of alkyl halides is 2. The normalized spacial score (nSPS) is 10.8. The van der Waals surface area contributed by atoms with Crippen LogP contribution in [0, 0.1) is 13.8 Å². The van der Waals surface area contributed by atoms with E-state index in [1.165, 1.54) is 24.3 Å². The van der Waals surface area contributed by atoms with E-state index in [0.717, 1.165) is 17.0 Å². The van der Waals surface area contributed by atoms with Crippen molar-refractivity contribution in [2.75, 3.05) is 6.61 Å². The van der Waals surface area contributed by atoms with Crippen LogP contribution in [-0.4, -0.2) is 29.5 Å². The molecule has 2 aromatic carbocycles. The van der Waals surface area contributed by atoms with Crippen LogP contribution < -0.4 is 4.74 Å². The summed E-state index contributed by atoms with van der Waals surface area (Å²) in [6, 6.07) is 16.8. The number of carbonyl (C=O) groups excluding carboxylic acids is 2. The van der Waals surface area contributed by atoms with Gasteiger partial charge in [-0.05, 0) is 49.7 Å². The minimum absolute atomic E-state index is 0.0662. The van der Waals surface area contributed by atoms with Gasteiger partial charge in [-0.3, -0.25) is 4.79 Å². The topological polar surface area (TPSA) is 57.5 Å². The number of benzene rings is 2. The van der Waals surface area contributed by atoms with Crippen molar-refractivity contribution in [1.29, 1.82) is 0 Å². The van der Waals surface area contributed by atoms with Crippen LogP contribution >= 0.6 is 0 Å². The molecule has 0 spiro atoms. The van der Waals surface area contributed by atoms with Crippen LogP contribution in [0.15, 0.2) is 60.7 Å². The number of halogens is 2. The van der Waals surface area contributed by atoms with E-state index in [2.05, 4.69) is 4.74 Å². The highest BCUT2D eigenvalue weighted by Gasteiger charge is 2.18. The Hall–Kier alpha value is -3.48. The second kappa shape index (κ2) is 9.35. The first-order valence-electron chi connectivity index (χ1n) is 9.31. The first-order chi connectivity index (χ1) is 14.3. The van der Waals surface area contributed by atoms with E-state index in [9.17, 15) is 18.4 Å². The summed E-state index contributed by atoms with van der Waals surface area (Å²) in [5.74, 6) is -1.10. The average Bonchev–Trinajstić information content (AvgIpc) is 3.01. The molecule has 0 aliphatic heterocycles. The molecule has 0 aliphatic rings. The lowest BCUT2D eigenvalue weighted by atomic mass is 10.1. The van der Waals surface area contributed by atoms with Gasteiger partial charge >= 0.3 is 12.6 Å². The zero-order chi connectivity index (χ0) is 21.7. The molecule has 1 heterocycles. The molecule has 0 saturated heterocycles. The number of hydrogen-bond acceptors (Lipinski definition) is 4. The monoisotopic (exact) mass is 413 g/mol. The third-order valence-corrected chi connectivity index (χ3v) is 4.71. The van der Waals surface area contributed by atoms with Gasteiger partial charge in [-0.1, -0.05) is 30.3 Å². The molecule has 0 amide bonds. The Morgan fingerprint density at radius 2 is 1.67 bits per heavy atom. The Balaban J connectivity index is 1.63. The Labute approximate surface area is 172 Å². The molecule has 7 heteroatoms. The van der Waals surface area contributed by atoms with Gasteiger partial charge in [-0.25, -0.2) is 4.79 Å². The van der Waals surface area contributed by atoms with Gasteiger partial charge in [0.05, 0.1) is 5.56 Å². The summed E-state index contributed by atoms with van der Waals surface area (Å²) >= 11 is 0. The highest BCUT2D eigenvalue weighted by Crippen LogP contribution is 2.19. The van der Waals surface area contributed by atoms with Gasteiger partial charge in [0.2, 0.25) is 5.78 Å². The lowest BCUT2D eigenvalue weighted by molar-refractivity contribution is -0.0498. The van der Waals surface area contributed by atoms with E-state index in [1.54, 1.807) is 6.07 Å². The van der Waals surface area contributed by atoms with Crippen LogP contribution in [0.1, 0.15) is 37.7 Å². The number of aromatic nitrogens is 1. The average molecular weight is 413 g/mol. The number of ketones is 1. The minimum Gasteiger partial charge on any atom is -0.454 e. The molecule has 5 nitrogen and oxygen atoms in total. The standard InChI is InChI=1S/C23H21F2NO4/c1-15-12-20(16(2)26(15)13-17-6-4-3-5-7-17)21(27)14-29-22(28)18-8-10-19(11-9-18)30-23(24)25/h3-12,23H,13-14H2,1-2H3. The van der Waals surface area contributed by atoms with Crippen LogP contribution in [0.25, 0.3) is 0 Å². The van der Waals surface area contributed by atoms with Crippen molar-refractivity contribution in [3.8, 4) is 5.75 Å². The van der Waals surface area contributed by atoms with Crippen LogP contribution in [-0.2, 0) is 11.3 Å². The van der Waals surface area contributed by atoms with Crippen LogP contribution in [0.3, 0.4) is 0 Å². The van der Waals surface area contributed by atoms with Crippen molar-refractivity contribution in [3.05, 3.63) is 88.7 Å². The molecule has 0 atom stereocenters. The van der Waals surface area contributed by atoms with Gasteiger partial charge in [0.25, 0.3) is 0 Å². The first kappa shape index (κ1) is 21.2. The predicted octanol–water partition coefficient (Wildman–Crippen LogP) is 4.79. The summed E-state index contributed by atoms with van der Waals surface area (Å²) in [4.78, 5) is 24.7. The molecule has 0 bridgehead atoms. The fraction of sp³-hybridized carbons (Fsp3) is 0.217. The maximum Gasteiger partial charge on any atom is 0.387 e. The van der Waals surface area contributed by atoms with Gasteiger partial charge < -0.3 is 14.0 Å². The number of hydrogen-bond donors (Lipinski definition) is 0. The van der Waals surface area contributed by atoms with Gasteiger partial charge in [-0.15, -0.1) is 0 Å². The molecule has 3 rings (SSSR count). The van der Waals surface area contributed by atoms with Crippen molar-refractivity contribution < 1.29 is 27.8 Å². The zero-order valence-electron chi connectivity index (χ0n) is 16.6. The summed E-state index contributed by atoms with van der Waals surface area (Å²) in [6.07, 6.45) is 0. The Morgan fingerprint density at radius 3 is 2.30 bits per heavy atom. The quantitative estimate of drug-likeness (QED) is 0.393. The molecule has 3 aromatic rings. The smallest absolute Gasteiger partial charge is 0.387 e. The van der Waals surface area contributed by atoms with Gasteiger partial charge in [0.15, 0.2) is 6.61 Å². The van der Waals surface area contributed by atoms with Crippen LogP contribution in [0.2, 0.25) is 0 Å². The fourth-order valence-corrected chi connectivity index (χ4v) is 3.16. The molecule has 156 valence electrons. The van der Waals surface area contributed by atoms with Crippen molar-refractivity contribution in [3.63, 3.8) is 0 Å². The van der Waals surface area contributed by atoms with E-state index in [-0.39, 0.29) is 17.1 Å². The number of aryl methyl sites for hydroxylation is 1. The van der Waals surface area contributed by atoms with E-state index in [1.807, 2.05) is 48.7 Å². The number of ether oxygens (including phenoxy) is 2. The number of esters is 1. The number of nitrogens with zero attached hydrogens (tertiary/aromatic N) is 1. The van der Waals surface area contributed by atoms with Gasteiger partial charge in [-0.2, -0.15) is 8.78 Å². The second-order valence-corrected chi connectivity index (χ2v) is 6.76. The molecule has 0 unspecified atom stereocenters. The SMILES string of the molecule is Cc1cc(C(=O)COC(=O)c2ccc(OC(F)F)cc2)c(C)n1Cc1ccccc1. The largest absolute Gasteiger partial charge is 0.454 e. The van der Waals surface area contributed by atoms with Gasteiger partial charge in [0, 0.05) is 23.5 Å². The zero-order valence-corrected chi connectivity index (χ0v) is 16.6. The van der Waals surface area contributed by atoms with Crippen molar-refractivity contribution >= 4 is 11.8 Å². The summed E-state index contributed by atoms with van der Waals surface area (Å²) in [5.41, 5.74) is 3.48. The highest BCUT2D eigenvalue weighted by atomic mass is 19.3. The summed E-state index contributed by atoms with van der Waals surface area (Å²) in [5, 5.41) is 0. The fourth-order valence-electron chi connectivity index (χ4n) is 3.16. The van der Waals surface area contributed by atoms with Crippen molar-refractivity contribution in [2.45, 2.75) is 27.0 Å². The van der Waals surface area contributed by atoms with E-state index >= 15 is 0 Å². The molecule has 1 aromatic heterocycles. The maximum atomic E-state index is 12.6. The minimum atomic E-state index is -2.94. The highest BCUT2D eigenvalue weighted by molar-refractivity contribution is 6.00. The Kier molecular flexibility index (Phi) is 6.61. The van der Waals surface area contributed by atoms with E-state index < -0.39 is 19.2 Å².